The Morgan fingerprint density at radius 3 is 2.86 bits per heavy atom. The molecule has 1 aromatic carbocycles. The van der Waals surface area contributed by atoms with E-state index in [4.69, 9.17) is 4.74 Å². The number of benzene rings is 1. The highest BCUT2D eigenvalue weighted by atomic mass is 32.2. The quantitative estimate of drug-likeness (QED) is 0.845. The molecule has 0 saturated carbocycles. The number of rotatable bonds is 5. The molecular weight excluding hydrogens is 282 g/mol. The molecule has 1 saturated heterocycles. The minimum absolute atomic E-state index is 0.379. The number of ether oxygens (including phenoxy) is 1. The van der Waals surface area contributed by atoms with E-state index in [0.29, 0.717) is 6.61 Å². The molecule has 1 aromatic rings. The van der Waals surface area contributed by atoms with Gasteiger partial charge in [0.2, 0.25) is 0 Å². The number of fused-ring (bicyclic) bond motifs is 1. The summed E-state index contributed by atoms with van der Waals surface area (Å²) in [7, 11) is 0. The smallest absolute Gasteiger partial charge is 0.123 e. The molecule has 3 rings (SSSR count). The van der Waals surface area contributed by atoms with Gasteiger partial charge in [-0.15, -0.1) is 0 Å². The van der Waals surface area contributed by atoms with Gasteiger partial charge in [-0.25, -0.2) is 0 Å². The first-order valence-electron chi connectivity index (χ1n) is 7.69. The minimum Gasteiger partial charge on any atom is -0.491 e. The lowest BCUT2D eigenvalue weighted by molar-refractivity contribution is 0.0712. The predicted octanol–water partition coefficient (Wildman–Crippen LogP) is 2.13. The number of aliphatic hydroxyl groups excluding tert-OH is 1. The first-order valence-corrected chi connectivity index (χ1v) is 8.85. The van der Waals surface area contributed by atoms with Gasteiger partial charge < -0.3 is 9.84 Å². The van der Waals surface area contributed by atoms with E-state index in [-0.39, 0.29) is 0 Å². The van der Waals surface area contributed by atoms with Gasteiger partial charge in [-0.1, -0.05) is 24.3 Å². The first-order chi connectivity index (χ1) is 10.3. The van der Waals surface area contributed by atoms with Crippen molar-refractivity contribution in [2.75, 3.05) is 37.7 Å². The summed E-state index contributed by atoms with van der Waals surface area (Å²) in [6, 6.07) is 6.22. The molecule has 1 atom stereocenters. The largest absolute Gasteiger partial charge is 0.491 e. The lowest BCUT2D eigenvalue weighted by Gasteiger charge is -2.28. The molecule has 1 fully saturated rings. The third-order valence-electron chi connectivity index (χ3n) is 4.06. The molecule has 4 heteroatoms. The molecule has 1 unspecified atom stereocenters. The van der Waals surface area contributed by atoms with Gasteiger partial charge in [-0.3, -0.25) is 4.90 Å². The predicted molar refractivity (Wildman–Crippen MR) is 88.3 cm³/mol. The average molecular weight is 305 g/mol. The van der Waals surface area contributed by atoms with Gasteiger partial charge in [-0.2, -0.15) is 11.8 Å². The van der Waals surface area contributed by atoms with Crippen molar-refractivity contribution in [2.24, 2.45) is 0 Å². The van der Waals surface area contributed by atoms with E-state index in [2.05, 4.69) is 23.1 Å². The molecule has 0 amide bonds. The second-order valence-electron chi connectivity index (χ2n) is 5.65. The van der Waals surface area contributed by atoms with Crippen LogP contribution in [0.15, 0.2) is 30.4 Å². The monoisotopic (exact) mass is 305 g/mol. The molecule has 114 valence electrons. The number of aliphatic hydroxyl groups is 1. The van der Waals surface area contributed by atoms with E-state index in [9.17, 15) is 5.11 Å². The molecule has 21 heavy (non-hydrogen) atoms. The van der Waals surface area contributed by atoms with E-state index in [0.717, 1.165) is 38.2 Å². The Morgan fingerprint density at radius 2 is 2.00 bits per heavy atom. The Bertz CT molecular complexity index is 498. The highest BCUT2D eigenvalue weighted by Crippen LogP contribution is 2.26. The van der Waals surface area contributed by atoms with Crippen LogP contribution in [0.4, 0.5) is 0 Å². The zero-order chi connectivity index (χ0) is 14.5. The molecule has 0 radical (unpaired) electrons. The summed E-state index contributed by atoms with van der Waals surface area (Å²) < 4.78 is 5.89. The highest BCUT2D eigenvalue weighted by Gasteiger charge is 2.16. The fourth-order valence-electron chi connectivity index (χ4n) is 2.90. The Morgan fingerprint density at radius 1 is 1.19 bits per heavy atom. The third kappa shape index (κ3) is 4.02. The van der Waals surface area contributed by atoms with Gasteiger partial charge in [0, 0.05) is 36.7 Å². The Balaban J connectivity index is 1.53. The van der Waals surface area contributed by atoms with Gasteiger partial charge in [0.05, 0.1) is 0 Å². The maximum atomic E-state index is 10.2. The number of allylic oxidation sites excluding steroid dienone is 2. The Kier molecular flexibility index (Phi) is 5.22. The highest BCUT2D eigenvalue weighted by molar-refractivity contribution is 7.99. The van der Waals surface area contributed by atoms with E-state index in [1.807, 2.05) is 23.9 Å². The Hall–Kier alpha value is -0.970. The fraction of sp³-hybridized carbons (Fsp3) is 0.529. The third-order valence-corrected chi connectivity index (χ3v) is 5.00. The summed E-state index contributed by atoms with van der Waals surface area (Å²) in [5.41, 5.74) is 2.62. The summed E-state index contributed by atoms with van der Waals surface area (Å²) in [5, 5.41) is 10.2. The number of β-amino-alcohol motifs (C(OH)–C–C–N with tert-alkyl or cyclic N) is 1. The molecule has 1 aliphatic heterocycles. The lowest BCUT2D eigenvalue weighted by atomic mass is 9.96. The van der Waals surface area contributed by atoms with E-state index >= 15 is 0 Å². The molecule has 0 spiro atoms. The second kappa shape index (κ2) is 7.34. The Labute approximate surface area is 131 Å². The SMILES string of the molecule is OC(COc1cccc2c1CC=CC2)CN1CCSCC1. The van der Waals surface area contributed by atoms with Crippen LogP contribution in [0.25, 0.3) is 0 Å². The number of thioether (sulfide) groups is 1. The fourth-order valence-corrected chi connectivity index (χ4v) is 3.88. The van der Waals surface area contributed by atoms with Crippen molar-refractivity contribution in [3.8, 4) is 5.75 Å². The molecule has 1 N–H and O–H groups in total. The van der Waals surface area contributed by atoms with Crippen LogP contribution in [-0.2, 0) is 12.8 Å². The van der Waals surface area contributed by atoms with E-state index in [1.165, 1.54) is 22.6 Å². The van der Waals surface area contributed by atoms with Crippen LogP contribution in [0.5, 0.6) is 5.75 Å². The normalized spacial score (nSPS) is 20.0. The average Bonchev–Trinajstić information content (AvgIpc) is 2.54. The van der Waals surface area contributed by atoms with Gasteiger partial charge in [0.25, 0.3) is 0 Å². The van der Waals surface area contributed by atoms with Crippen molar-refractivity contribution >= 4 is 11.8 Å². The van der Waals surface area contributed by atoms with Crippen LogP contribution < -0.4 is 4.74 Å². The molecular formula is C17H23NO2S. The van der Waals surface area contributed by atoms with Gasteiger partial charge in [0.15, 0.2) is 0 Å². The first kappa shape index (κ1) is 14.9. The van der Waals surface area contributed by atoms with Crippen molar-refractivity contribution in [2.45, 2.75) is 18.9 Å². The molecule has 2 aliphatic rings. The molecule has 0 aromatic heterocycles. The van der Waals surface area contributed by atoms with Crippen molar-refractivity contribution in [1.29, 1.82) is 0 Å². The minimum atomic E-state index is -0.414. The number of nitrogens with zero attached hydrogens (tertiary/aromatic N) is 1. The van der Waals surface area contributed by atoms with Gasteiger partial charge in [0.1, 0.15) is 18.5 Å². The van der Waals surface area contributed by atoms with Crippen LogP contribution in [0.2, 0.25) is 0 Å². The second-order valence-corrected chi connectivity index (χ2v) is 6.88. The maximum Gasteiger partial charge on any atom is 0.123 e. The molecule has 0 bridgehead atoms. The van der Waals surface area contributed by atoms with Crippen LogP contribution >= 0.6 is 11.8 Å². The number of hydrogen-bond donors (Lipinski definition) is 1. The molecule has 1 aliphatic carbocycles. The summed E-state index contributed by atoms with van der Waals surface area (Å²) in [4.78, 5) is 2.33. The summed E-state index contributed by atoms with van der Waals surface area (Å²) in [6.45, 7) is 3.25. The van der Waals surface area contributed by atoms with Gasteiger partial charge >= 0.3 is 0 Å². The lowest BCUT2D eigenvalue weighted by Crippen LogP contribution is -2.40. The zero-order valence-electron chi connectivity index (χ0n) is 12.3. The van der Waals surface area contributed by atoms with Crippen molar-refractivity contribution < 1.29 is 9.84 Å². The summed E-state index contributed by atoms with van der Waals surface area (Å²) in [6.07, 6.45) is 5.90. The maximum absolute atomic E-state index is 10.2. The van der Waals surface area contributed by atoms with Crippen LogP contribution in [0.3, 0.4) is 0 Å². The van der Waals surface area contributed by atoms with E-state index < -0.39 is 6.10 Å². The molecule has 1 heterocycles. The van der Waals surface area contributed by atoms with E-state index in [1.54, 1.807) is 0 Å². The van der Waals surface area contributed by atoms with Crippen molar-refractivity contribution in [3.63, 3.8) is 0 Å². The van der Waals surface area contributed by atoms with Crippen molar-refractivity contribution in [1.82, 2.24) is 4.90 Å². The zero-order valence-corrected chi connectivity index (χ0v) is 13.1. The van der Waals surface area contributed by atoms with Crippen LogP contribution in [0, 0.1) is 0 Å². The number of hydrogen-bond acceptors (Lipinski definition) is 4. The molecule has 3 nitrogen and oxygen atoms in total. The summed E-state index contributed by atoms with van der Waals surface area (Å²) >= 11 is 1.99. The summed E-state index contributed by atoms with van der Waals surface area (Å²) in [5.74, 6) is 3.28. The standard InChI is InChI=1S/C17H23NO2S/c19-15(12-18-8-10-21-11-9-18)13-20-17-7-3-5-14-4-1-2-6-16(14)17/h1-3,5,7,15,19H,4,6,8-13H2. The van der Waals surface area contributed by atoms with Gasteiger partial charge in [-0.05, 0) is 24.5 Å². The van der Waals surface area contributed by atoms with Crippen LogP contribution in [-0.4, -0.2) is 53.9 Å². The van der Waals surface area contributed by atoms with Crippen LogP contribution in [0.1, 0.15) is 11.1 Å². The topological polar surface area (TPSA) is 32.7 Å². The van der Waals surface area contributed by atoms with Crippen molar-refractivity contribution in [3.05, 3.63) is 41.5 Å².